The first-order valence-corrected chi connectivity index (χ1v) is 7.27. The number of morpholine rings is 1. The van der Waals surface area contributed by atoms with Gasteiger partial charge < -0.3 is 25.2 Å². The van der Waals surface area contributed by atoms with Crippen molar-refractivity contribution >= 4 is 12.0 Å². The summed E-state index contributed by atoms with van der Waals surface area (Å²) in [6, 6.07) is -1.35. The maximum Gasteiger partial charge on any atom is 0.326 e. The van der Waals surface area contributed by atoms with Gasteiger partial charge in [0.15, 0.2) is 0 Å². The second-order valence-corrected chi connectivity index (χ2v) is 6.21. The quantitative estimate of drug-likeness (QED) is 0.693. The number of carboxylic acids is 1. The standard InChI is InChI=1S/C14H26N2O5/c1-5-9(2)11(12(18)19)15-13(20)16-6-10(7-17)21-14(3,4)8-16/h9-11,17H,5-8H2,1-4H3,(H,15,20)(H,18,19)/t9?,10?,11-/m0/s1. The molecule has 1 rings (SSSR count). The smallest absolute Gasteiger partial charge is 0.326 e. The molecular formula is C14H26N2O5. The minimum atomic E-state index is -1.04. The number of carboxylic acid groups (broad SMARTS) is 1. The maximum absolute atomic E-state index is 12.3. The number of urea groups is 1. The molecule has 0 aromatic rings. The summed E-state index contributed by atoms with van der Waals surface area (Å²) in [4.78, 5) is 25.1. The topological polar surface area (TPSA) is 99.1 Å². The van der Waals surface area contributed by atoms with Crippen LogP contribution in [0.1, 0.15) is 34.1 Å². The number of aliphatic hydroxyl groups excluding tert-OH is 1. The second-order valence-electron chi connectivity index (χ2n) is 6.21. The van der Waals surface area contributed by atoms with Crippen LogP contribution in [0, 0.1) is 5.92 Å². The van der Waals surface area contributed by atoms with E-state index >= 15 is 0 Å². The summed E-state index contributed by atoms with van der Waals surface area (Å²) in [5.74, 6) is -1.20. The number of carbonyl (C=O) groups is 2. The zero-order chi connectivity index (χ0) is 16.2. The Morgan fingerprint density at radius 1 is 1.48 bits per heavy atom. The van der Waals surface area contributed by atoms with Gasteiger partial charge in [-0.05, 0) is 19.8 Å². The number of ether oxygens (including phenoxy) is 1. The third kappa shape index (κ3) is 4.86. The first-order valence-electron chi connectivity index (χ1n) is 7.27. The van der Waals surface area contributed by atoms with Gasteiger partial charge in [-0.1, -0.05) is 20.3 Å². The first-order chi connectivity index (χ1) is 9.70. The summed E-state index contributed by atoms with van der Waals surface area (Å²) < 4.78 is 5.64. The Balaban J connectivity index is 2.75. The van der Waals surface area contributed by atoms with Gasteiger partial charge in [-0.15, -0.1) is 0 Å². The summed E-state index contributed by atoms with van der Waals surface area (Å²) in [5, 5.41) is 21.0. The van der Waals surface area contributed by atoms with Crippen LogP contribution in [-0.2, 0) is 9.53 Å². The number of amides is 2. The molecule has 0 spiro atoms. The molecule has 1 saturated heterocycles. The lowest BCUT2D eigenvalue weighted by molar-refractivity contribution is -0.142. The monoisotopic (exact) mass is 302 g/mol. The molecule has 0 aliphatic carbocycles. The van der Waals surface area contributed by atoms with Crippen LogP contribution in [-0.4, -0.2) is 64.6 Å². The van der Waals surface area contributed by atoms with E-state index in [1.54, 1.807) is 6.92 Å². The van der Waals surface area contributed by atoms with E-state index in [0.29, 0.717) is 13.0 Å². The van der Waals surface area contributed by atoms with Crippen LogP contribution >= 0.6 is 0 Å². The Kier molecular flexibility index (Phi) is 5.98. The largest absolute Gasteiger partial charge is 0.480 e. The fraction of sp³-hybridized carbons (Fsp3) is 0.857. The van der Waals surface area contributed by atoms with Crippen molar-refractivity contribution in [1.82, 2.24) is 10.2 Å². The Bertz CT molecular complexity index is 386. The van der Waals surface area contributed by atoms with Crippen LogP contribution in [0.2, 0.25) is 0 Å². The van der Waals surface area contributed by atoms with Crippen LogP contribution in [0.5, 0.6) is 0 Å². The van der Waals surface area contributed by atoms with E-state index in [-0.39, 0.29) is 19.1 Å². The SMILES string of the molecule is CCC(C)[C@H](NC(=O)N1CC(CO)OC(C)(C)C1)C(=O)O. The van der Waals surface area contributed by atoms with Crippen molar-refractivity contribution < 1.29 is 24.5 Å². The third-order valence-electron chi connectivity index (χ3n) is 3.73. The first kappa shape index (κ1) is 17.7. The lowest BCUT2D eigenvalue weighted by Crippen LogP contribution is -2.60. The highest BCUT2D eigenvalue weighted by molar-refractivity contribution is 5.82. The van der Waals surface area contributed by atoms with Gasteiger partial charge in [0.25, 0.3) is 0 Å². The van der Waals surface area contributed by atoms with Gasteiger partial charge in [0.05, 0.1) is 31.4 Å². The molecule has 0 aromatic heterocycles. The lowest BCUT2D eigenvalue weighted by atomic mass is 9.99. The van der Waals surface area contributed by atoms with Crippen molar-refractivity contribution in [3.8, 4) is 0 Å². The Morgan fingerprint density at radius 3 is 2.57 bits per heavy atom. The molecule has 1 fully saturated rings. The summed E-state index contributed by atoms with van der Waals surface area (Å²) in [5.41, 5.74) is -0.571. The molecule has 2 unspecified atom stereocenters. The van der Waals surface area contributed by atoms with Crippen molar-refractivity contribution in [2.75, 3.05) is 19.7 Å². The number of hydrogen-bond donors (Lipinski definition) is 3. The van der Waals surface area contributed by atoms with Gasteiger partial charge >= 0.3 is 12.0 Å². The van der Waals surface area contributed by atoms with Crippen molar-refractivity contribution in [2.45, 2.75) is 51.9 Å². The highest BCUT2D eigenvalue weighted by Crippen LogP contribution is 2.21. The molecule has 3 atom stereocenters. The molecule has 1 aliphatic heterocycles. The van der Waals surface area contributed by atoms with E-state index < -0.39 is 29.7 Å². The summed E-state index contributed by atoms with van der Waals surface area (Å²) >= 11 is 0. The third-order valence-corrected chi connectivity index (χ3v) is 3.73. The molecule has 7 heteroatoms. The number of carbonyl (C=O) groups excluding carboxylic acids is 1. The van der Waals surface area contributed by atoms with E-state index in [1.807, 2.05) is 20.8 Å². The molecular weight excluding hydrogens is 276 g/mol. The van der Waals surface area contributed by atoms with E-state index in [9.17, 15) is 19.8 Å². The average Bonchev–Trinajstić information content (AvgIpc) is 2.41. The highest BCUT2D eigenvalue weighted by Gasteiger charge is 2.37. The van der Waals surface area contributed by atoms with Crippen molar-refractivity contribution in [2.24, 2.45) is 5.92 Å². The zero-order valence-electron chi connectivity index (χ0n) is 13.1. The summed E-state index contributed by atoms with van der Waals surface area (Å²) in [7, 11) is 0. The summed E-state index contributed by atoms with van der Waals surface area (Å²) in [6.45, 7) is 7.75. The van der Waals surface area contributed by atoms with Crippen LogP contribution in [0.4, 0.5) is 4.79 Å². The van der Waals surface area contributed by atoms with Crippen LogP contribution in [0.25, 0.3) is 0 Å². The molecule has 3 N–H and O–H groups in total. The molecule has 21 heavy (non-hydrogen) atoms. The van der Waals surface area contributed by atoms with E-state index in [2.05, 4.69) is 5.32 Å². The van der Waals surface area contributed by atoms with Gasteiger partial charge in [-0.25, -0.2) is 9.59 Å². The average molecular weight is 302 g/mol. The Labute approximate surface area is 125 Å². The van der Waals surface area contributed by atoms with Gasteiger partial charge in [0, 0.05) is 0 Å². The zero-order valence-corrected chi connectivity index (χ0v) is 13.1. The summed E-state index contributed by atoms with van der Waals surface area (Å²) in [6.07, 6.45) is 0.205. The normalized spacial score (nSPS) is 24.2. The van der Waals surface area contributed by atoms with Gasteiger partial charge in [0.1, 0.15) is 6.04 Å². The fourth-order valence-electron chi connectivity index (χ4n) is 2.45. The minimum absolute atomic E-state index is 0.158. The number of nitrogens with zero attached hydrogens (tertiary/aromatic N) is 1. The molecule has 0 radical (unpaired) electrons. The number of hydrogen-bond acceptors (Lipinski definition) is 4. The number of aliphatic hydroxyl groups is 1. The van der Waals surface area contributed by atoms with E-state index in [0.717, 1.165) is 0 Å². The van der Waals surface area contributed by atoms with Crippen LogP contribution in [0.3, 0.4) is 0 Å². The molecule has 1 aliphatic rings. The number of rotatable bonds is 5. The number of aliphatic carboxylic acids is 1. The number of nitrogens with one attached hydrogen (secondary N) is 1. The highest BCUT2D eigenvalue weighted by atomic mass is 16.5. The van der Waals surface area contributed by atoms with Gasteiger partial charge in [-0.2, -0.15) is 0 Å². The molecule has 0 aromatic carbocycles. The minimum Gasteiger partial charge on any atom is -0.480 e. The maximum atomic E-state index is 12.3. The second kappa shape index (κ2) is 7.09. The van der Waals surface area contributed by atoms with E-state index in [4.69, 9.17) is 4.74 Å². The van der Waals surface area contributed by atoms with Crippen molar-refractivity contribution in [1.29, 1.82) is 0 Å². The Hall–Kier alpha value is -1.34. The molecule has 7 nitrogen and oxygen atoms in total. The van der Waals surface area contributed by atoms with Crippen molar-refractivity contribution in [3.63, 3.8) is 0 Å². The molecule has 2 amide bonds. The van der Waals surface area contributed by atoms with Gasteiger partial charge in [-0.3, -0.25) is 0 Å². The predicted molar refractivity (Wildman–Crippen MR) is 77.0 cm³/mol. The van der Waals surface area contributed by atoms with Crippen LogP contribution < -0.4 is 5.32 Å². The predicted octanol–water partition coefficient (Wildman–Crippen LogP) is 0.667. The van der Waals surface area contributed by atoms with E-state index in [1.165, 1.54) is 4.90 Å². The van der Waals surface area contributed by atoms with Gasteiger partial charge in [0.2, 0.25) is 0 Å². The molecule has 0 saturated carbocycles. The molecule has 1 heterocycles. The fourth-order valence-corrected chi connectivity index (χ4v) is 2.45. The molecule has 0 bridgehead atoms. The lowest BCUT2D eigenvalue weighted by Gasteiger charge is -2.42. The Morgan fingerprint density at radius 2 is 2.10 bits per heavy atom. The molecule has 122 valence electrons. The van der Waals surface area contributed by atoms with Crippen LogP contribution in [0.15, 0.2) is 0 Å². The van der Waals surface area contributed by atoms with Crippen molar-refractivity contribution in [3.05, 3.63) is 0 Å².